The zero-order chi connectivity index (χ0) is 48.7. The molecule has 0 saturated heterocycles. The Morgan fingerprint density at radius 2 is 1.08 bits per heavy atom. The highest BCUT2D eigenvalue weighted by molar-refractivity contribution is 6.17. The van der Waals surface area contributed by atoms with Crippen LogP contribution in [0.3, 0.4) is 0 Å². The maximum atomic E-state index is 10.1. The van der Waals surface area contributed by atoms with Crippen LogP contribution in [0.2, 0.25) is 0 Å². The summed E-state index contributed by atoms with van der Waals surface area (Å²) in [5.41, 5.74) is 10.1. The molecule has 0 radical (unpaired) electrons. The maximum absolute atomic E-state index is 10.1. The van der Waals surface area contributed by atoms with E-state index in [1.54, 1.807) is 0 Å². The Labute approximate surface area is 383 Å². The van der Waals surface area contributed by atoms with Gasteiger partial charge in [-0.2, -0.15) is 0 Å². The second-order valence-corrected chi connectivity index (χ2v) is 17.4. The first kappa shape index (κ1) is 30.2. The number of benzene rings is 10. The Hall–Kier alpha value is -7.94. The van der Waals surface area contributed by atoms with Crippen molar-refractivity contribution in [1.82, 2.24) is 0 Å². The van der Waals surface area contributed by atoms with E-state index in [4.69, 9.17) is 5.79 Å². The van der Waals surface area contributed by atoms with E-state index in [-0.39, 0.29) is 47.0 Å². The third-order valence-corrected chi connectivity index (χ3v) is 13.8. The molecule has 11 aromatic rings. The zero-order valence-electron chi connectivity index (χ0n) is 42.2. The quantitative estimate of drug-likeness (QED) is 0.166. The van der Waals surface area contributed by atoms with Crippen molar-refractivity contribution in [2.75, 3.05) is 4.90 Å². The second kappa shape index (κ2) is 13.8. The van der Waals surface area contributed by atoms with Crippen molar-refractivity contribution in [1.29, 1.82) is 0 Å². The summed E-state index contributed by atoms with van der Waals surface area (Å²) in [6, 6.07) is 58.4. The summed E-state index contributed by atoms with van der Waals surface area (Å²) in [6.07, 6.45) is 0. The molecule has 0 spiro atoms. The number of furan rings is 1. The third kappa shape index (κ3) is 5.08. The number of hydrogen-bond donors (Lipinski definition) is 0. The topological polar surface area (TPSA) is 16.4 Å². The van der Waals surface area contributed by atoms with Crippen LogP contribution in [0.1, 0.15) is 56.8 Å². The lowest BCUT2D eigenvalue weighted by atomic mass is 9.68. The molecule has 64 heavy (non-hydrogen) atoms. The van der Waals surface area contributed by atoms with Crippen molar-refractivity contribution in [3.05, 3.63) is 258 Å². The Morgan fingerprint density at radius 3 is 1.89 bits per heavy atom. The molecule has 1 aromatic heterocycles. The maximum Gasteiger partial charge on any atom is 0.143 e. The van der Waals surface area contributed by atoms with Crippen LogP contribution in [0.4, 0.5) is 17.1 Å². The molecule has 0 saturated carbocycles. The fourth-order valence-corrected chi connectivity index (χ4v) is 10.9. The fourth-order valence-electron chi connectivity index (χ4n) is 10.9. The number of hydrogen-bond acceptors (Lipinski definition) is 2. The molecule has 0 N–H and O–H groups in total. The van der Waals surface area contributed by atoms with Gasteiger partial charge >= 0.3 is 0 Å². The summed E-state index contributed by atoms with van der Waals surface area (Å²) >= 11 is 0. The van der Waals surface area contributed by atoms with Crippen molar-refractivity contribution >= 4 is 49.8 Å². The van der Waals surface area contributed by atoms with Crippen LogP contribution in [0.15, 0.2) is 229 Å². The van der Waals surface area contributed by atoms with Gasteiger partial charge in [0, 0.05) is 44.1 Å². The minimum absolute atomic E-state index is 0.204. The summed E-state index contributed by atoms with van der Waals surface area (Å²) in [5.74, 6) is 0. The molecule has 2 nitrogen and oxygen atoms in total. The highest BCUT2D eigenvalue weighted by atomic mass is 16.3. The number of para-hydroxylation sites is 1. The van der Waals surface area contributed by atoms with Crippen LogP contribution in [-0.4, -0.2) is 0 Å². The van der Waals surface area contributed by atoms with Crippen molar-refractivity contribution in [2.45, 2.75) is 24.7 Å². The summed E-state index contributed by atoms with van der Waals surface area (Å²) in [4.78, 5) is 1.97. The normalized spacial score (nSPS) is 15.6. The molecule has 0 fully saturated rings. The van der Waals surface area contributed by atoms with E-state index >= 15 is 0 Å². The Kier molecular flexibility index (Phi) is 6.50. The predicted molar refractivity (Wildman–Crippen MR) is 266 cm³/mol. The van der Waals surface area contributed by atoms with E-state index in [9.17, 15) is 8.22 Å². The van der Waals surface area contributed by atoms with Crippen molar-refractivity contribution < 1.29 is 14.0 Å². The standard InChI is InChI=1S/C62H43NO/c1-61(2)53-27-13-11-23-48(53)49-38-36-45(39-56(49)61)63(44-34-31-41(32-35-44)47-25-15-26-50-51-37-33-40-17-9-10-22-46(40)60(51)64-59(47)50)57-30-16-29-55-58(57)52-24-12-14-28-54(52)62(55,42-18-5-3-6-19-42)43-20-7-4-8-21-43/h3-39H,1-2H3/i12D,14D,16D,24D,28D,29D,30D. The van der Waals surface area contributed by atoms with Gasteiger partial charge in [-0.05, 0) is 97.4 Å². The van der Waals surface area contributed by atoms with E-state index in [1.807, 2.05) is 114 Å². The monoisotopic (exact) mass is 824 g/mol. The largest absolute Gasteiger partial charge is 0.455 e. The molecule has 0 unspecified atom stereocenters. The average molecular weight is 825 g/mol. The molecule has 2 heteroatoms. The highest BCUT2D eigenvalue weighted by Gasteiger charge is 2.47. The lowest BCUT2D eigenvalue weighted by Crippen LogP contribution is -2.28. The molecular formula is C62H43NO. The molecular weight excluding hydrogens is 775 g/mol. The minimum Gasteiger partial charge on any atom is -0.455 e. The average Bonchev–Trinajstić information content (AvgIpc) is 4.03. The van der Waals surface area contributed by atoms with Crippen molar-refractivity contribution in [3.63, 3.8) is 0 Å². The summed E-state index contributed by atoms with van der Waals surface area (Å²) in [5, 5.41) is 4.18. The molecule has 0 amide bonds. The van der Waals surface area contributed by atoms with Crippen molar-refractivity contribution in [2.24, 2.45) is 0 Å². The van der Waals surface area contributed by atoms with Gasteiger partial charge in [0.15, 0.2) is 0 Å². The van der Waals surface area contributed by atoms with Gasteiger partial charge in [-0.3, -0.25) is 0 Å². The number of anilines is 3. The molecule has 0 atom stereocenters. The van der Waals surface area contributed by atoms with Crippen LogP contribution in [-0.2, 0) is 10.8 Å². The van der Waals surface area contributed by atoms with Gasteiger partial charge < -0.3 is 9.32 Å². The second-order valence-electron chi connectivity index (χ2n) is 17.4. The molecule has 0 aliphatic heterocycles. The smallest absolute Gasteiger partial charge is 0.143 e. The zero-order valence-corrected chi connectivity index (χ0v) is 35.2. The minimum atomic E-state index is -1.48. The van der Waals surface area contributed by atoms with Gasteiger partial charge in [0.25, 0.3) is 0 Å². The lowest BCUT2D eigenvalue weighted by molar-refractivity contribution is 0.660. The third-order valence-electron chi connectivity index (χ3n) is 13.8. The first-order valence-corrected chi connectivity index (χ1v) is 21.8. The SMILES string of the molecule is [2H]c1c([2H])c([2H])c2c(c1[2H])-c1c(N(c3ccc(-c4cccc5c4oc4c6ccccc6ccc54)cc3)c3ccc4c(c3)C(C)(C)c3ccccc3-4)c([2H])c([2H])c([2H])c1C2(c1ccccc1)c1ccccc1. The number of nitrogens with zero attached hydrogens (tertiary/aromatic N) is 1. The lowest BCUT2D eigenvalue weighted by Gasteiger charge is -2.34. The number of fused-ring (bicyclic) bond motifs is 11. The fraction of sp³-hybridized carbons (Fsp3) is 0.0645. The Morgan fingerprint density at radius 1 is 0.438 bits per heavy atom. The van der Waals surface area contributed by atoms with Gasteiger partial charge in [0.05, 0.1) is 20.7 Å². The molecule has 2 aliphatic rings. The van der Waals surface area contributed by atoms with Crippen LogP contribution in [0.5, 0.6) is 0 Å². The molecule has 1 heterocycles. The molecule has 10 aromatic carbocycles. The molecule has 0 bridgehead atoms. The van der Waals surface area contributed by atoms with Crippen LogP contribution in [0.25, 0.3) is 66.1 Å². The van der Waals surface area contributed by atoms with E-state index in [1.165, 1.54) is 5.56 Å². The molecule has 302 valence electrons. The first-order valence-electron chi connectivity index (χ1n) is 25.3. The van der Waals surface area contributed by atoms with Gasteiger partial charge in [-0.15, -0.1) is 0 Å². The highest BCUT2D eigenvalue weighted by Crippen LogP contribution is 2.60. The van der Waals surface area contributed by atoms with Gasteiger partial charge in [-0.25, -0.2) is 0 Å². The van der Waals surface area contributed by atoms with E-state index < -0.39 is 22.9 Å². The number of rotatable bonds is 6. The molecule has 2 aliphatic carbocycles. The van der Waals surface area contributed by atoms with E-state index in [2.05, 4.69) is 86.6 Å². The first-order chi connectivity index (χ1) is 34.4. The van der Waals surface area contributed by atoms with E-state index in [0.717, 1.165) is 60.5 Å². The van der Waals surface area contributed by atoms with Crippen LogP contribution >= 0.6 is 0 Å². The van der Waals surface area contributed by atoms with Gasteiger partial charge in [0.1, 0.15) is 11.2 Å². The van der Waals surface area contributed by atoms with Gasteiger partial charge in [-0.1, -0.05) is 202 Å². The van der Waals surface area contributed by atoms with Crippen LogP contribution in [0, 0.1) is 0 Å². The summed E-state index contributed by atoms with van der Waals surface area (Å²) in [7, 11) is 0. The van der Waals surface area contributed by atoms with Crippen LogP contribution < -0.4 is 4.90 Å². The van der Waals surface area contributed by atoms with E-state index in [0.29, 0.717) is 33.6 Å². The summed E-state index contributed by atoms with van der Waals surface area (Å²) in [6.45, 7) is 4.43. The van der Waals surface area contributed by atoms with Crippen molar-refractivity contribution in [3.8, 4) is 33.4 Å². The Balaban J connectivity index is 1.12. The Bertz CT molecular complexity index is 4010. The summed E-state index contributed by atoms with van der Waals surface area (Å²) < 4.78 is 74.6. The predicted octanol–water partition coefficient (Wildman–Crippen LogP) is 16.5. The molecule has 13 rings (SSSR count). The van der Waals surface area contributed by atoms with Gasteiger partial charge in [0.2, 0.25) is 0 Å².